The highest BCUT2D eigenvalue weighted by atomic mass is 19.1. The summed E-state index contributed by atoms with van der Waals surface area (Å²) >= 11 is 0. The molecule has 0 fully saturated rings. The molecule has 1 atom stereocenters. The third-order valence-electron chi connectivity index (χ3n) is 2.86. The van der Waals surface area contributed by atoms with Gasteiger partial charge in [-0.3, -0.25) is 4.68 Å². The van der Waals surface area contributed by atoms with Gasteiger partial charge in [-0.15, -0.1) is 0 Å². The molecule has 2 aromatic rings. The lowest BCUT2D eigenvalue weighted by molar-refractivity contribution is 0.577. The van der Waals surface area contributed by atoms with Crippen molar-refractivity contribution in [2.24, 2.45) is 7.05 Å². The first kappa shape index (κ1) is 12.5. The molecule has 0 aliphatic heterocycles. The highest BCUT2D eigenvalue weighted by Crippen LogP contribution is 2.20. The van der Waals surface area contributed by atoms with E-state index in [1.807, 2.05) is 27.0 Å². The number of hydrogen-bond donors (Lipinski definition) is 1. The van der Waals surface area contributed by atoms with Crippen molar-refractivity contribution < 1.29 is 8.78 Å². The van der Waals surface area contributed by atoms with E-state index in [9.17, 15) is 8.78 Å². The van der Waals surface area contributed by atoms with Crippen LogP contribution in [0.1, 0.15) is 24.2 Å². The molecule has 0 spiro atoms. The van der Waals surface area contributed by atoms with Crippen LogP contribution in [-0.4, -0.2) is 9.78 Å². The Hall–Kier alpha value is -1.91. The molecule has 0 saturated heterocycles. The number of aryl methyl sites for hydroxylation is 2. The van der Waals surface area contributed by atoms with Crippen LogP contribution in [0.4, 0.5) is 14.6 Å². The summed E-state index contributed by atoms with van der Waals surface area (Å²) in [7, 11) is 1.84. The van der Waals surface area contributed by atoms with Crippen LogP contribution in [-0.2, 0) is 7.05 Å². The quantitative estimate of drug-likeness (QED) is 0.908. The maximum Gasteiger partial charge on any atom is 0.148 e. The number of anilines is 1. The Morgan fingerprint density at radius 3 is 2.28 bits per heavy atom. The zero-order valence-electron chi connectivity index (χ0n) is 10.5. The van der Waals surface area contributed by atoms with E-state index in [2.05, 4.69) is 10.4 Å². The van der Waals surface area contributed by atoms with Crippen LogP contribution < -0.4 is 5.32 Å². The van der Waals surface area contributed by atoms with Crippen LogP contribution in [0.2, 0.25) is 0 Å². The van der Waals surface area contributed by atoms with E-state index >= 15 is 0 Å². The van der Waals surface area contributed by atoms with Gasteiger partial charge in [-0.05, 0) is 31.5 Å². The molecule has 96 valence electrons. The second kappa shape index (κ2) is 4.76. The Morgan fingerprint density at radius 1 is 1.17 bits per heavy atom. The van der Waals surface area contributed by atoms with E-state index < -0.39 is 11.6 Å². The van der Waals surface area contributed by atoms with Gasteiger partial charge in [0.25, 0.3) is 0 Å². The summed E-state index contributed by atoms with van der Waals surface area (Å²) < 4.78 is 28.0. The lowest BCUT2D eigenvalue weighted by atomic mass is 10.1. The van der Waals surface area contributed by atoms with E-state index in [1.54, 1.807) is 4.68 Å². The molecule has 18 heavy (non-hydrogen) atoms. The maximum absolute atomic E-state index is 13.1. The molecule has 2 rings (SSSR count). The van der Waals surface area contributed by atoms with Gasteiger partial charge in [0.1, 0.15) is 17.5 Å². The van der Waals surface area contributed by atoms with Crippen LogP contribution in [0.25, 0.3) is 0 Å². The maximum atomic E-state index is 13.1. The van der Waals surface area contributed by atoms with Gasteiger partial charge in [0.2, 0.25) is 0 Å². The van der Waals surface area contributed by atoms with Gasteiger partial charge in [0.05, 0.1) is 6.04 Å². The molecule has 1 aromatic heterocycles. The zero-order chi connectivity index (χ0) is 13.3. The molecule has 0 bridgehead atoms. The molecule has 1 N–H and O–H groups in total. The lowest BCUT2D eigenvalue weighted by Gasteiger charge is -2.13. The van der Waals surface area contributed by atoms with Crippen LogP contribution in [0.3, 0.4) is 0 Å². The second-order valence-electron chi connectivity index (χ2n) is 4.36. The molecule has 1 unspecified atom stereocenters. The number of aromatic nitrogens is 2. The fourth-order valence-corrected chi connectivity index (χ4v) is 1.76. The average molecular weight is 251 g/mol. The summed E-state index contributed by atoms with van der Waals surface area (Å²) in [6.45, 7) is 3.77. The van der Waals surface area contributed by atoms with Crippen LogP contribution in [0.5, 0.6) is 0 Å². The molecule has 1 heterocycles. The normalized spacial score (nSPS) is 12.5. The summed E-state index contributed by atoms with van der Waals surface area (Å²) in [6.07, 6.45) is 0. The van der Waals surface area contributed by atoms with Crippen molar-refractivity contribution in [3.8, 4) is 0 Å². The molecule has 0 saturated carbocycles. The largest absolute Gasteiger partial charge is 0.362 e. The van der Waals surface area contributed by atoms with E-state index in [4.69, 9.17) is 0 Å². The molecular weight excluding hydrogens is 236 g/mol. The SMILES string of the molecule is Cc1cc(NC(C)c2cc(F)cc(F)c2)nn1C. The van der Waals surface area contributed by atoms with Crippen molar-refractivity contribution in [3.05, 3.63) is 47.2 Å². The van der Waals surface area contributed by atoms with Gasteiger partial charge >= 0.3 is 0 Å². The van der Waals surface area contributed by atoms with Crippen molar-refractivity contribution in [3.63, 3.8) is 0 Å². The van der Waals surface area contributed by atoms with Gasteiger partial charge in [0.15, 0.2) is 0 Å². The van der Waals surface area contributed by atoms with Crippen molar-refractivity contribution in [2.75, 3.05) is 5.32 Å². The van der Waals surface area contributed by atoms with Gasteiger partial charge in [-0.25, -0.2) is 8.78 Å². The predicted octanol–water partition coefficient (Wildman–Crippen LogP) is 3.18. The lowest BCUT2D eigenvalue weighted by Crippen LogP contribution is -2.08. The van der Waals surface area contributed by atoms with Crippen LogP contribution in [0.15, 0.2) is 24.3 Å². The summed E-state index contributed by atoms with van der Waals surface area (Å²) in [6, 6.07) is 5.16. The number of hydrogen-bond acceptors (Lipinski definition) is 2. The highest BCUT2D eigenvalue weighted by molar-refractivity contribution is 5.39. The third-order valence-corrected chi connectivity index (χ3v) is 2.86. The first-order valence-corrected chi connectivity index (χ1v) is 5.69. The first-order chi connectivity index (χ1) is 8.45. The minimum absolute atomic E-state index is 0.218. The molecule has 0 aliphatic rings. The summed E-state index contributed by atoms with van der Waals surface area (Å²) in [5.74, 6) is -0.459. The monoisotopic (exact) mass is 251 g/mol. The van der Waals surface area contributed by atoms with E-state index in [0.29, 0.717) is 11.4 Å². The predicted molar refractivity (Wildman–Crippen MR) is 66.3 cm³/mol. The average Bonchev–Trinajstić information content (AvgIpc) is 2.56. The van der Waals surface area contributed by atoms with Gasteiger partial charge < -0.3 is 5.32 Å². The standard InChI is InChI=1S/C13H15F2N3/c1-8-4-13(17-18(8)3)16-9(2)10-5-11(14)7-12(15)6-10/h4-7,9H,1-3H3,(H,16,17). The fraction of sp³-hybridized carbons (Fsp3) is 0.308. The fourth-order valence-electron chi connectivity index (χ4n) is 1.76. The first-order valence-electron chi connectivity index (χ1n) is 5.69. The Balaban J connectivity index is 2.18. The number of halogens is 2. The number of nitrogens with one attached hydrogen (secondary N) is 1. The topological polar surface area (TPSA) is 29.9 Å². The Morgan fingerprint density at radius 2 is 1.78 bits per heavy atom. The number of benzene rings is 1. The van der Waals surface area contributed by atoms with Gasteiger partial charge in [-0.1, -0.05) is 0 Å². The minimum atomic E-state index is -0.573. The molecule has 0 amide bonds. The molecule has 0 radical (unpaired) electrons. The van der Waals surface area contributed by atoms with E-state index in [-0.39, 0.29) is 6.04 Å². The zero-order valence-corrected chi connectivity index (χ0v) is 10.5. The van der Waals surface area contributed by atoms with Crippen LogP contribution in [0, 0.1) is 18.6 Å². The molecule has 1 aromatic carbocycles. The van der Waals surface area contributed by atoms with Gasteiger partial charge in [0, 0.05) is 24.9 Å². The van der Waals surface area contributed by atoms with Crippen LogP contribution >= 0.6 is 0 Å². The van der Waals surface area contributed by atoms with Crippen molar-refractivity contribution in [1.82, 2.24) is 9.78 Å². The number of nitrogens with zero attached hydrogens (tertiary/aromatic N) is 2. The van der Waals surface area contributed by atoms with Crippen molar-refractivity contribution in [1.29, 1.82) is 0 Å². The van der Waals surface area contributed by atoms with Crippen molar-refractivity contribution in [2.45, 2.75) is 19.9 Å². The summed E-state index contributed by atoms with van der Waals surface area (Å²) in [5, 5.41) is 7.35. The molecular formula is C13H15F2N3. The third kappa shape index (κ3) is 2.67. The second-order valence-corrected chi connectivity index (χ2v) is 4.36. The Kier molecular flexibility index (Phi) is 3.32. The summed E-state index contributed by atoms with van der Waals surface area (Å²) in [4.78, 5) is 0. The highest BCUT2D eigenvalue weighted by Gasteiger charge is 2.10. The molecule has 5 heteroatoms. The minimum Gasteiger partial charge on any atom is -0.362 e. The van der Waals surface area contributed by atoms with E-state index in [0.717, 1.165) is 11.8 Å². The summed E-state index contributed by atoms with van der Waals surface area (Å²) in [5.41, 5.74) is 1.56. The van der Waals surface area contributed by atoms with Crippen molar-refractivity contribution >= 4 is 5.82 Å². The molecule has 0 aliphatic carbocycles. The smallest absolute Gasteiger partial charge is 0.148 e. The Bertz CT molecular complexity index is 524. The molecule has 3 nitrogen and oxygen atoms in total. The number of rotatable bonds is 3. The Labute approximate surface area is 104 Å². The van der Waals surface area contributed by atoms with E-state index in [1.165, 1.54) is 12.1 Å². The van der Waals surface area contributed by atoms with Gasteiger partial charge in [-0.2, -0.15) is 5.10 Å².